The van der Waals surface area contributed by atoms with E-state index >= 15 is 0 Å². The molecule has 0 aliphatic carbocycles. The molecule has 0 aliphatic rings. The molecule has 2 aromatic rings. The maximum Gasteiger partial charge on any atom is 0.123 e. The Bertz CT molecular complexity index is 531. The summed E-state index contributed by atoms with van der Waals surface area (Å²) in [6.45, 7) is 6.99. The Morgan fingerprint density at radius 3 is 2.78 bits per heavy atom. The molecule has 3 nitrogen and oxygen atoms in total. The minimum absolute atomic E-state index is 0.0310. The summed E-state index contributed by atoms with van der Waals surface area (Å²) in [4.78, 5) is 1.02. The van der Waals surface area contributed by atoms with E-state index in [9.17, 15) is 4.39 Å². The lowest BCUT2D eigenvalue weighted by Gasteiger charge is -2.19. The number of rotatable bonds is 3. The molecule has 0 fully saturated rings. The molecule has 18 heavy (non-hydrogen) atoms. The Morgan fingerprint density at radius 1 is 1.33 bits per heavy atom. The van der Waals surface area contributed by atoms with Crippen LogP contribution in [-0.2, 0) is 6.54 Å². The lowest BCUT2D eigenvalue weighted by Crippen LogP contribution is -2.34. The van der Waals surface area contributed by atoms with Crippen LogP contribution in [0.25, 0.3) is 11.3 Å². The third-order valence-corrected chi connectivity index (χ3v) is 3.15. The van der Waals surface area contributed by atoms with Crippen molar-refractivity contribution in [2.24, 2.45) is 0 Å². The maximum absolute atomic E-state index is 13.2. The molecule has 0 saturated carbocycles. The number of nitrogens with zero attached hydrogens (tertiary/aromatic N) is 2. The minimum atomic E-state index is -0.254. The highest BCUT2D eigenvalue weighted by Crippen LogP contribution is 2.24. The van der Waals surface area contributed by atoms with Gasteiger partial charge in [-0.25, -0.2) is 4.39 Å². The molecular weight excluding hydrogens is 249 g/mol. The second-order valence-corrected chi connectivity index (χ2v) is 6.00. The molecule has 0 saturated heterocycles. The highest BCUT2D eigenvalue weighted by Gasteiger charge is 2.14. The topological polar surface area (TPSA) is 37.8 Å². The van der Waals surface area contributed by atoms with E-state index in [1.54, 1.807) is 6.07 Å². The largest absolute Gasteiger partial charge is 0.307 e. The van der Waals surface area contributed by atoms with E-state index < -0.39 is 0 Å². The maximum atomic E-state index is 13.2. The summed E-state index contributed by atoms with van der Waals surface area (Å²) in [6.07, 6.45) is 0. The zero-order valence-electron chi connectivity index (χ0n) is 10.7. The van der Waals surface area contributed by atoms with Crippen LogP contribution in [0.15, 0.2) is 24.3 Å². The molecule has 1 aromatic heterocycles. The van der Waals surface area contributed by atoms with E-state index in [4.69, 9.17) is 0 Å². The first-order valence-electron chi connectivity index (χ1n) is 5.78. The summed E-state index contributed by atoms with van der Waals surface area (Å²) in [5.41, 5.74) is 1.56. The van der Waals surface area contributed by atoms with Crippen LogP contribution in [0.1, 0.15) is 25.6 Å². The normalized spacial score (nSPS) is 11.8. The van der Waals surface area contributed by atoms with Gasteiger partial charge in [0, 0.05) is 17.6 Å². The Labute approximate surface area is 110 Å². The fraction of sp³-hybridized carbons (Fsp3) is 0.385. The highest BCUT2D eigenvalue weighted by atomic mass is 32.1. The van der Waals surface area contributed by atoms with Crippen LogP contribution in [0.5, 0.6) is 0 Å². The molecule has 2 rings (SSSR count). The molecule has 1 heterocycles. The van der Waals surface area contributed by atoms with Gasteiger partial charge in [-0.15, -0.1) is 5.10 Å². The van der Waals surface area contributed by atoms with Crippen molar-refractivity contribution in [1.82, 2.24) is 14.9 Å². The summed E-state index contributed by atoms with van der Waals surface area (Å²) >= 11 is 1.34. The van der Waals surface area contributed by atoms with Gasteiger partial charge in [0.25, 0.3) is 0 Å². The lowest BCUT2D eigenvalue weighted by atomic mass is 10.1. The van der Waals surface area contributed by atoms with E-state index in [2.05, 4.69) is 35.7 Å². The van der Waals surface area contributed by atoms with Crippen molar-refractivity contribution in [3.05, 3.63) is 35.0 Å². The van der Waals surface area contributed by atoms with Crippen molar-refractivity contribution in [3.63, 3.8) is 0 Å². The van der Waals surface area contributed by atoms with Gasteiger partial charge in [-0.2, -0.15) is 0 Å². The minimum Gasteiger partial charge on any atom is -0.307 e. The van der Waals surface area contributed by atoms with Crippen LogP contribution in [-0.4, -0.2) is 15.1 Å². The summed E-state index contributed by atoms with van der Waals surface area (Å²) in [5, 5.41) is 7.48. The summed E-state index contributed by atoms with van der Waals surface area (Å²) in [6, 6.07) is 6.44. The standard InChI is InChI=1S/C13H16FN3S/c1-13(2,3)15-8-11-12(16-17-18-11)9-5-4-6-10(14)7-9/h4-7,15H,8H2,1-3H3. The second-order valence-electron chi connectivity index (χ2n) is 5.16. The van der Waals surface area contributed by atoms with Gasteiger partial charge in [-0.3, -0.25) is 0 Å². The SMILES string of the molecule is CC(C)(C)NCc1snnc1-c1cccc(F)c1. The summed E-state index contributed by atoms with van der Waals surface area (Å²) in [7, 11) is 0. The second kappa shape index (κ2) is 5.12. The zero-order chi connectivity index (χ0) is 13.2. The number of benzene rings is 1. The van der Waals surface area contributed by atoms with Gasteiger partial charge in [-0.05, 0) is 44.4 Å². The number of aromatic nitrogens is 2. The molecule has 0 spiro atoms. The van der Waals surface area contributed by atoms with Crippen LogP contribution in [0.2, 0.25) is 0 Å². The van der Waals surface area contributed by atoms with Gasteiger partial charge in [0.2, 0.25) is 0 Å². The zero-order valence-corrected chi connectivity index (χ0v) is 11.5. The molecule has 0 amide bonds. The third-order valence-electron chi connectivity index (χ3n) is 2.43. The lowest BCUT2D eigenvalue weighted by molar-refractivity contribution is 0.426. The summed E-state index contributed by atoms with van der Waals surface area (Å²) < 4.78 is 17.2. The monoisotopic (exact) mass is 265 g/mol. The van der Waals surface area contributed by atoms with Crippen molar-refractivity contribution in [2.45, 2.75) is 32.9 Å². The third kappa shape index (κ3) is 3.34. The Morgan fingerprint density at radius 2 is 2.11 bits per heavy atom. The first kappa shape index (κ1) is 13.1. The van der Waals surface area contributed by atoms with Crippen LogP contribution < -0.4 is 5.32 Å². The predicted molar refractivity (Wildman–Crippen MR) is 71.9 cm³/mol. The van der Waals surface area contributed by atoms with Gasteiger partial charge in [0.15, 0.2) is 0 Å². The van der Waals surface area contributed by atoms with Gasteiger partial charge < -0.3 is 5.32 Å². The number of halogens is 1. The molecule has 1 aromatic carbocycles. The van der Waals surface area contributed by atoms with E-state index in [1.165, 1.54) is 23.7 Å². The van der Waals surface area contributed by atoms with Gasteiger partial charge in [-0.1, -0.05) is 16.6 Å². The number of nitrogens with one attached hydrogen (secondary N) is 1. The Hall–Kier alpha value is -1.33. The molecule has 96 valence electrons. The van der Waals surface area contributed by atoms with E-state index in [-0.39, 0.29) is 11.4 Å². The fourth-order valence-electron chi connectivity index (χ4n) is 1.53. The average Bonchev–Trinajstić information content (AvgIpc) is 2.73. The molecule has 0 radical (unpaired) electrons. The van der Waals surface area contributed by atoms with Crippen molar-refractivity contribution >= 4 is 11.5 Å². The number of hydrogen-bond acceptors (Lipinski definition) is 4. The first-order valence-corrected chi connectivity index (χ1v) is 6.55. The van der Waals surface area contributed by atoms with Gasteiger partial charge >= 0.3 is 0 Å². The average molecular weight is 265 g/mol. The molecule has 0 bridgehead atoms. The van der Waals surface area contributed by atoms with Crippen LogP contribution in [0.3, 0.4) is 0 Å². The van der Waals surface area contributed by atoms with E-state index in [0.29, 0.717) is 6.54 Å². The van der Waals surface area contributed by atoms with Crippen molar-refractivity contribution in [2.75, 3.05) is 0 Å². The highest BCUT2D eigenvalue weighted by molar-refractivity contribution is 7.05. The molecule has 0 atom stereocenters. The summed E-state index contributed by atoms with van der Waals surface area (Å²) in [5.74, 6) is -0.254. The van der Waals surface area contributed by atoms with Crippen molar-refractivity contribution in [1.29, 1.82) is 0 Å². The van der Waals surface area contributed by atoms with Crippen LogP contribution in [0, 0.1) is 5.82 Å². The molecule has 0 aliphatic heterocycles. The van der Waals surface area contributed by atoms with E-state index in [1.807, 2.05) is 6.07 Å². The van der Waals surface area contributed by atoms with Gasteiger partial charge in [0.1, 0.15) is 11.5 Å². The molecular formula is C13H16FN3S. The smallest absolute Gasteiger partial charge is 0.123 e. The number of hydrogen-bond donors (Lipinski definition) is 1. The Balaban J connectivity index is 2.23. The van der Waals surface area contributed by atoms with E-state index in [0.717, 1.165) is 16.1 Å². The molecule has 1 N–H and O–H groups in total. The quantitative estimate of drug-likeness (QED) is 0.926. The molecule has 0 unspecified atom stereocenters. The van der Waals surface area contributed by atoms with Crippen LogP contribution in [0.4, 0.5) is 4.39 Å². The van der Waals surface area contributed by atoms with Crippen molar-refractivity contribution < 1.29 is 4.39 Å². The van der Waals surface area contributed by atoms with Gasteiger partial charge in [0.05, 0.1) is 4.88 Å². The predicted octanol–water partition coefficient (Wildman–Crippen LogP) is 3.23. The van der Waals surface area contributed by atoms with Crippen LogP contribution >= 0.6 is 11.5 Å². The first-order chi connectivity index (χ1) is 8.46. The molecule has 5 heteroatoms. The van der Waals surface area contributed by atoms with Crippen molar-refractivity contribution in [3.8, 4) is 11.3 Å². The Kier molecular flexibility index (Phi) is 3.73. The fourth-order valence-corrected chi connectivity index (χ4v) is 2.13.